The number of halogens is 2. The summed E-state index contributed by atoms with van der Waals surface area (Å²) in [6, 6.07) is 28.7. The van der Waals surface area contributed by atoms with Crippen LogP contribution in [0.4, 0.5) is 11.4 Å². The zero-order chi connectivity index (χ0) is 24.8. The van der Waals surface area contributed by atoms with Crippen LogP contribution >= 0.6 is 23.2 Å². The van der Waals surface area contributed by atoms with Gasteiger partial charge in [0.2, 0.25) is 5.91 Å². The first-order valence-electron chi connectivity index (χ1n) is 10.8. The fourth-order valence-electron chi connectivity index (χ4n) is 3.70. The van der Waals surface area contributed by atoms with Crippen molar-refractivity contribution in [3.8, 4) is 5.75 Å². The first-order chi connectivity index (χ1) is 17.0. The monoisotopic (exact) mass is 504 g/mol. The second-order valence-corrected chi connectivity index (χ2v) is 8.58. The van der Waals surface area contributed by atoms with Gasteiger partial charge in [-0.3, -0.25) is 9.59 Å². The van der Waals surface area contributed by atoms with Crippen LogP contribution in [0, 0.1) is 0 Å². The molecule has 0 atom stereocenters. The maximum Gasteiger partial charge on any atom is 0.255 e. The van der Waals surface area contributed by atoms with E-state index in [1.165, 1.54) is 7.11 Å². The molecular weight excluding hydrogens is 483 g/mol. The molecule has 5 nitrogen and oxygen atoms in total. The zero-order valence-electron chi connectivity index (χ0n) is 18.8. The SMILES string of the molecule is COc1cc(NC(=O)c2ccc(Cl)cc2)c(Cl)cc1NC(=O)C(c1ccccc1)c1ccccc1. The number of amides is 2. The van der Waals surface area contributed by atoms with Gasteiger partial charge in [-0.25, -0.2) is 0 Å². The summed E-state index contributed by atoms with van der Waals surface area (Å²) in [7, 11) is 1.48. The van der Waals surface area contributed by atoms with E-state index < -0.39 is 5.92 Å². The lowest BCUT2D eigenvalue weighted by Gasteiger charge is -2.20. The lowest BCUT2D eigenvalue weighted by Crippen LogP contribution is -2.22. The highest BCUT2D eigenvalue weighted by molar-refractivity contribution is 6.34. The number of benzene rings is 4. The third-order valence-electron chi connectivity index (χ3n) is 5.43. The Morgan fingerprint density at radius 3 is 1.86 bits per heavy atom. The third kappa shape index (κ3) is 5.83. The molecule has 0 unspecified atom stereocenters. The minimum Gasteiger partial charge on any atom is -0.494 e. The number of ether oxygens (including phenoxy) is 1. The van der Waals surface area contributed by atoms with Gasteiger partial charge in [0, 0.05) is 16.7 Å². The van der Waals surface area contributed by atoms with Gasteiger partial charge in [0.25, 0.3) is 5.91 Å². The smallest absolute Gasteiger partial charge is 0.255 e. The van der Waals surface area contributed by atoms with Gasteiger partial charge >= 0.3 is 0 Å². The predicted molar refractivity (Wildman–Crippen MR) is 141 cm³/mol. The van der Waals surface area contributed by atoms with Crippen LogP contribution in [0.3, 0.4) is 0 Å². The van der Waals surface area contributed by atoms with E-state index in [-0.39, 0.29) is 16.8 Å². The molecule has 2 amide bonds. The maximum atomic E-state index is 13.5. The summed E-state index contributed by atoms with van der Waals surface area (Å²) in [6.07, 6.45) is 0. The average molecular weight is 505 g/mol. The lowest BCUT2D eigenvalue weighted by molar-refractivity contribution is -0.116. The summed E-state index contributed by atoms with van der Waals surface area (Å²) in [5.74, 6) is -0.774. The summed E-state index contributed by atoms with van der Waals surface area (Å²) >= 11 is 12.4. The summed E-state index contributed by atoms with van der Waals surface area (Å²) < 4.78 is 5.49. The number of anilines is 2. The van der Waals surface area contributed by atoms with Gasteiger partial charge in [0.1, 0.15) is 5.75 Å². The molecule has 0 fully saturated rings. The summed E-state index contributed by atoms with van der Waals surface area (Å²) in [4.78, 5) is 26.1. The van der Waals surface area contributed by atoms with E-state index in [0.717, 1.165) is 11.1 Å². The third-order valence-corrected chi connectivity index (χ3v) is 5.99. The molecule has 0 spiro atoms. The van der Waals surface area contributed by atoms with Crippen LogP contribution < -0.4 is 15.4 Å². The average Bonchev–Trinajstić information content (AvgIpc) is 2.87. The van der Waals surface area contributed by atoms with Gasteiger partial charge in [-0.15, -0.1) is 0 Å². The molecule has 0 bridgehead atoms. The second kappa shape index (κ2) is 11.1. The molecule has 176 valence electrons. The van der Waals surface area contributed by atoms with Gasteiger partial charge in [-0.05, 0) is 41.5 Å². The topological polar surface area (TPSA) is 67.4 Å². The fourth-order valence-corrected chi connectivity index (χ4v) is 4.04. The highest BCUT2D eigenvalue weighted by Gasteiger charge is 2.24. The van der Waals surface area contributed by atoms with Crippen molar-refractivity contribution in [3.05, 3.63) is 124 Å². The molecule has 0 radical (unpaired) electrons. The van der Waals surface area contributed by atoms with Crippen molar-refractivity contribution in [1.29, 1.82) is 0 Å². The van der Waals surface area contributed by atoms with E-state index >= 15 is 0 Å². The Bertz CT molecular complexity index is 1290. The molecule has 0 aliphatic carbocycles. The van der Waals surface area contributed by atoms with Crippen LogP contribution in [0.25, 0.3) is 0 Å². The van der Waals surface area contributed by atoms with Crippen LogP contribution in [-0.2, 0) is 4.79 Å². The molecule has 35 heavy (non-hydrogen) atoms. The number of carbonyl (C=O) groups excluding carboxylic acids is 2. The van der Waals surface area contributed by atoms with E-state index in [4.69, 9.17) is 27.9 Å². The molecule has 4 aromatic rings. The predicted octanol–water partition coefficient (Wildman–Crippen LogP) is 7.02. The van der Waals surface area contributed by atoms with Crippen molar-refractivity contribution in [3.63, 3.8) is 0 Å². The fraction of sp³-hybridized carbons (Fsp3) is 0.0714. The van der Waals surface area contributed by atoms with Crippen molar-refractivity contribution >= 4 is 46.4 Å². The van der Waals surface area contributed by atoms with E-state index in [9.17, 15) is 9.59 Å². The minimum atomic E-state index is -0.537. The molecule has 0 saturated carbocycles. The normalized spacial score (nSPS) is 10.6. The number of hydrogen-bond acceptors (Lipinski definition) is 3. The van der Waals surface area contributed by atoms with E-state index in [1.807, 2.05) is 60.7 Å². The van der Waals surface area contributed by atoms with Crippen molar-refractivity contribution < 1.29 is 14.3 Å². The van der Waals surface area contributed by atoms with Gasteiger partial charge in [0.05, 0.1) is 29.4 Å². The Morgan fingerprint density at radius 2 is 1.31 bits per heavy atom. The number of carbonyl (C=O) groups is 2. The van der Waals surface area contributed by atoms with Crippen molar-refractivity contribution in [1.82, 2.24) is 0 Å². The number of methoxy groups -OCH3 is 1. The van der Waals surface area contributed by atoms with Crippen LogP contribution in [-0.4, -0.2) is 18.9 Å². The molecule has 4 rings (SSSR count). The van der Waals surface area contributed by atoms with Gasteiger partial charge in [0.15, 0.2) is 0 Å². The highest BCUT2D eigenvalue weighted by Crippen LogP contribution is 2.36. The summed E-state index contributed by atoms with van der Waals surface area (Å²) in [5, 5.41) is 6.49. The zero-order valence-corrected chi connectivity index (χ0v) is 20.3. The number of nitrogens with one attached hydrogen (secondary N) is 2. The Balaban J connectivity index is 1.60. The quantitative estimate of drug-likeness (QED) is 0.284. The molecular formula is C28H22Cl2N2O3. The van der Waals surface area contributed by atoms with E-state index in [0.29, 0.717) is 27.7 Å². The molecule has 4 aromatic carbocycles. The van der Waals surface area contributed by atoms with Crippen molar-refractivity contribution in [2.75, 3.05) is 17.7 Å². The van der Waals surface area contributed by atoms with Crippen molar-refractivity contribution in [2.45, 2.75) is 5.92 Å². The largest absolute Gasteiger partial charge is 0.494 e. The summed E-state index contributed by atoms with van der Waals surface area (Å²) in [5.41, 5.74) is 2.88. The molecule has 0 aliphatic rings. The van der Waals surface area contributed by atoms with Gasteiger partial charge < -0.3 is 15.4 Å². The number of rotatable bonds is 7. The Labute approximate surface area is 213 Å². The molecule has 0 aliphatic heterocycles. The Kier molecular flexibility index (Phi) is 7.70. The lowest BCUT2D eigenvalue weighted by atomic mass is 9.90. The van der Waals surface area contributed by atoms with Crippen LogP contribution in [0.1, 0.15) is 27.4 Å². The highest BCUT2D eigenvalue weighted by atomic mass is 35.5. The van der Waals surface area contributed by atoms with Crippen molar-refractivity contribution in [2.24, 2.45) is 0 Å². The molecule has 7 heteroatoms. The Morgan fingerprint density at radius 1 is 0.743 bits per heavy atom. The number of hydrogen-bond donors (Lipinski definition) is 2. The van der Waals surface area contributed by atoms with Gasteiger partial charge in [-0.1, -0.05) is 83.9 Å². The van der Waals surface area contributed by atoms with Crippen LogP contribution in [0.15, 0.2) is 97.1 Å². The minimum absolute atomic E-state index is 0.241. The molecule has 0 heterocycles. The Hall–Kier alpha value is -3.80. The van der Waals surface area contributed by atoms with E-state index in [2.05, 4.69) is 10.6 Å². The van der Waals surface area contributed by atoms with E-state index in [1.54, 1.807) is 36.4 Å². The van der Waals surface area contributed by atoms with Crippen LogP contribution in [0.5, 0.6) is 5.75 Å². The summed E-state index contributed by atoms with van der Waals surface area (Å²) in [6.45, 7) is 0. The first kappa shape index (κ1) is 24.3. The second-order valence-electron chi connectivity index (χ2n) is 7.74. The molecule has 0 saturated heterocycles. The molecule has 0 aromatic heterocycles. The maximum absolute atomic E-state index is 13.5. The van der Waals surface area contributed by atoms with Gasteiger partial charge in [-0.2, -0.15) is 0 Å². The standard InChI is InChI=1S/C28H22Cl2N2O3/c1-35-25-17-23(31-27(33)20-12-14-21(29)15-13-20)22(30)16-24(25)32-28(34)26(18-8-4-2-5-9-18)19-10-6-3-7-11-19/h2-17,26H,1H3,(H,31,33)(H,32,34). The first-order valence-corrected chi connectivity index (χ1v) is 11.6. The van der Waals surface area contributed by atoms with Crippen LogP contribution in [0.2, 0.25) is 10.0 Å². The molecule has 2 N–H and O–H groups in total.